The third-order valence-corrected chi connectivity index (χ3v) is 4.87. The molecule has 0 unspecified atom stereocenters. The second kappa shape index (κ2) is 10.4. The van der Waals surface area contributed by atoms with Crippen LogP contribution >= 0.6 is 11.8 Å². The number of benzene rings is 1. The average Bonchev–Trinajstić information content (AvgIpc) is 3.08. The summed E-state index contributed by atoms with van der Waals surface area (Å²) in [4.78, 5) is 25.1. The molecule has 0 saturated heterocycles. The monoisotopic (exact) mass is 404 g/mol. The van der Waals surface area contributed by atoms with Gasteiger partial charge in [0.15, 0.2) is 5.16 Å². The maximum absolute atomic E-state index is 13.2. The highest BCUT2D eigenvalue weighted by atomic mass is 32.2. The third-order valence-electron chi connectivity index (χ3n) is 3.92. The molecule has 0 aliphatic heterocycles. The fraction of sp³-hybridized carbons (Fsp3) is 0.389. The highest BCUT2D eigenvalue weighted by Crippen LogP contribution is 2.21. The van der Waals surface area contributed by atoms with Crippen molar-refractivity contribution in [2.75, 3.05) is 17.2 Å². The van der Waals surface area contributed by atoms with Gasteiger partial charge in [0.05, 0.1) is 18.2 Å². The van der Waals surface area contributed by atoms with Gasteiger partial charge in [0.1, 0.15) is 11.6 Å². The molecule has 0 spiro atoms. The Kier molecular flexibility index (Phi) is 7.95. The lowest BCUT2D eigenvalue weighted by molar-refractivity contribution is -0.118. The number of halogens is 1. The summed E-state index contributed by atoms with van der Waals surface area (Å²) in [7, 11) is 0. The summed E-state index contributed by atoms with van der Waals surface area (Å²) in [5.41, 5.74) is 5.71. The molecule has 1 heterocycles. The lowest BCUT2D eigenvalue weighted by Crippen LogP contribution is -2.33. The molecule has 0 bridgehead atoms. The Labute approximate surface area is 166 Å². The zero-order valence-corrected chi connectivity index (χ0v) is 16.3. The fourth-order valence-electron chi connectivity index (χ4n) is 2.55. The first-order valence-electron chi connectivity index (χ1n) is 8.72. The number of nitriles is 1. The highest BCUT2D eigenvalue weighted by molar-refractivity contribution is 7.99. The quantitative estimate of drug-likeness (QED) is 0.604. The molecule has 8 nitrogen and oxygen atoms in total. The van der Waals surface area contributed by atoms with Gasteiger partial charge in [0.2, 0.25) is 11.8 Å². The van der Waals surface area contributed by atoms with E-state index in [0.717, 1.165) is 0 Å². The van der Waals surface area contributed by atoms with Crippen LogP contribution in [0.5, 0.6) is 0 Å². The summed E-state index contributed by atoms with van der Waals surface area (Å²) < 4.78 is 15.0. The molecule has 0 aliphatic rings. The predicted molar refractivity (Wildman–Crippen MR) is 103 cm³/mol. The van der Waals surface area contributed by atoms with Crippen LogP contribution in [0, 0.1) is 17.1 Å². The highest BCUT2D eigenvalue weighted by Gasteiger charge is 2.19. The van der Waals surface area contributed by atoms with Crippen molar-refractivity contribution in [3.63, 3.8) is 0 Å². The third kappa shape index (κ3) is 5.79. The van der Waals surface area contributed by atoms with Crippen LogP contribution in [-0.2, 0) is 22.6 Å². The number of hydrogen-bond donors (Lipinski definition) is 1. The molecule has 1 aromatic carbocycles. The minimum Gasteiger partial charge on any atom is -0.370 e. The van der Waals surface area contributed by atoms with Gasteiger partial charge in [-0.1, -0.05) is 11.8 Å². The summed E-state index contributed by atoms with van der Waals surface area (Å²) in [6, 6.07) is 7.57. The van der Waals surface area contributed by atoms with Crippen molar-refractivity contribution in [3.05, 3.63) is 35.9 Å². The van der Waals surface area contributed by atoms with Crippen molar-refractivity contribution < 1.29 is 14.0 Å². The smallest absolute Gasteiger partial charge is 0.237 e. The Balaban J connectivity index is 2.08. The predicted octanol–water partition coefficient (Wildman–Crippen LogP) is 1.89. The van der Waals surface area contributed by atoms with Gasteiger partial charge in [-0.3, -0.25) is 9.59 Å². The number of nitrogens with two attached hydrogens (primary N) is 1. The van der Waals surface area contributed by atoms with E-state index < -0.39 is 11.7 Å². The number of aryl methyl sites for hydroxylation is 1. The zero-order chi connectivity index (χ0) is 20.5. The number of primary amides is 1. The zero-order valence-electron chi connectivity index (χ0n) is 15.5. The molecule has 2 amide bonds. The van der Waals surface area contributed by atoms with E-state index in [-0.39, 0.29) is 31.0 Å². The van der Waals surface area contributed by atoms with Gasteiger partial charge in [0.25, 0.3) is 0 Å². The van der Waals surface area contributed by atoms with Crippen LogP contribution in [0.25, 0.3) is 0 Å². The number of carbonyl (C=O) groups is 2. The van der Waals surface area contributed by atoms with Crippen molar-refractivity contribution in [3.8, 4) is 6.07 Å². The Bertz CT molecular complexity index is 862. The molecular weight excluding hydrogens is 383 g/mol. The summed E-state index contributed by atoms with van der Waals surface area (Å²) in [6.07, 6.45) is 0.721. The molecule has 0 atom stereocenters. The molecule has 2 N–H and O–H groups in total. The molecule has 148 valence electrons. The molecule has 2 aromatic rings. The molecule has 1 aromatic heterocycles. The minimum atomic E-state index is -0.414. The molecule has 2 rings (SSSR count). The summed E-state index contributed by atoms with van der Waals surface area (Å²) in [5, 5.41) is 17.6. The van der Waals surface area contributed by atoms with E-state index in [1.807, 2.05) is 17.6 Å². The van der Waals surface area contributed by atoms with E-state index in [0.29, 0.717) is 29.6 Å². The largest absolute Gasteiger partial charge is 0.370 e. The Morgan fingerprint density at radius 3 is 2.64 bits per heavy atom. The van der Waals surface area contributed by atoms with Gasteiger partial charge in [-0.05, 0) is 31.2 Å². The summed E-state index contributed by atoms with van der Waals surface area (Å²) in [5.74, 6) is -0.323. The van der Waals surface area contributed by atoms with E-state index in [1.54, 1.807) is 0 Å². The van der Waals surface area contributed by atoms with Crippen LogP contribution in [0.3, 0.4) is 0 Å². The van der Waals surface area contributed by atoms with Crippen molar-refractivity contribution >= 4 is 29.3 Å². The molecule has 0 radical (unpaired) electrons. The second-order valence-corrected chi connectivity index (χ2v) is 6.77. The Morgan fingerprint density at radius 1 is 1.32 bits per heavy atom. The van der Waals surface area contributed by atoms with Crippen LogP contribution < -0.4 is 10.6 Å². The van der Waals surface area contributed by atoms with Gasteiger partial charge >= 0.3 is 0 Å². The molecule has 0 aliphatic carbocycles. The number of aromatic nitrogens is 3. The number of hydrogen-bond acceptors (Lipinski definition) is 6. The van der Waals surface area contributed by atoms with Gasteiger partial charge in [0, 0.05) is 31.6 Å². The number of thioether (sulfide) groups is 1. The normalized spacial score (nSPS) is 10.5. The van der Waals surface area contributed by atoms with Crippen LogP contribution in [0.15, 0.2) is 29.4 Å². The lowest BCUT2D eigenvalue weighted by atomic mass is 10.2. The number of carbonyl (C=O) groups excluding carboxylic acids is 2. The minimum absolute atomic E-state index is 0.0801. The van der Waals surface area contributed by atoms with Crippen LogP contribution in [0.2, 0.25) is 0 Å². The van der Waals surface area contributed by atoms with Crippen molar-refractivity contribution in [2.24, 2.45) is 5.73 Å². The van der Waals surface area contributed by atoms with Crippen molar-refractivity contribution in [2.45, 2.75) is 37.9 Å². The maximum Gasteiger partial charge on any atom is 0.237 e. The number of amides is 2. The Hall–Kier alpha value is -2.93. The van der Waals surface area contributed by atoms with E-state index in [4.69, 9.17) is 11.0 Å². The SMILES string of the molecule is CCn1c(CCC(N)=O)nnc1SCC(=O)N(CCC#N)c1ccc(F)cc1. The first-order chi connectivity index (χ1) is 13.5. The summed E-state index contributed by atoms with van der Waals surface area (Å²) in [6.45, 7) is 2.72. The van der Waals surface area contributed by atoms with Gasteiger partial charge in [-0.2, -0.15) is 5.26 Å². The summed E-state index contributed by atoms with van der Waals surface area (Å²) >= 11 is 1.22. The topological polar surface area (TPSA) is 118 Å². The van der Waals surface area contributed by atoms with Crippen LogP contribution in [0.4, 0.5) is 10.1 Å². The van der Waals surface area contributed by atoms with Crippen molar-refractivity contribution in [1.82, 2.24) is 14.8 Å². The molecule has 0 saturated carbocycles. The second-order valence-electron chi connectivity index (χ2n) is 5.83. The first-order valence-corrected chi connectivity index (χ1v) is 9.70. The first kappa shape index (κ1) is 21.4. The molecular formula is C18H21FN6O2S. The van der Waals surface area contributed by atoms with E-state index >= 15 is 0 Å². The molecule has 28 heavy (non-hydrogen) atoms. The van der Waals surface area contributed by atoms with Crippen LogP contribution in [0.1, 0.15) is 25.6 Å². The van der Waals surface area contributed by atoms with Crippen LogP contribution in [-0.4, -0.2) is 38.9 Å². The van der Waals surface area contributed by atoms with E-state index in [2.05, 4.69) is 10.2 Å². The lowest BCUT2D eigenvalue weighted by Gasteiger charge is -2.21. The molecule has 10 heteroatoms. The van der Waals surface area contributed by atoms with Gasteiger partial charge in [-0.25, -0.2) is 4.39 Å². The van der Waals surface area contributed by atoms with Gasteiger partial charge < -0.3 is 15.2 Å². The van der Waals surface area contributed by atoms with Crippen molar-refractivity contribution in [1.29, 1.82) is 5.26 Å². The maximum atomic E-state index is 13.2. The van der Waals surface area contributed by atoms with E-state index in [1.165, 1.54) is 40.9 Å². The Morgan fingerprint density at radius 2 is 2.04 bits per heavy atom. The molecule has 0 fully saturated rings. The van der Waals surface area contributed by atoms with Gasteiger partial charge in [-0.15, -0.1) is 10.2 Å². The number of anilines is 1. The number of nitrogens with zero attached hydrogens (tertiary/aromatic N) is 5. The standard InChI is InChI=1S/C18H21FN6O2S/c1-2-24-16(9-8-15(21)26)22-23-18(24)28-12-17(27)25(11-3-10-20)14-6-4-13(19)5-7-14/h4-7H,2-3,8-9,11-12H2,1H3,(H2,21,26). The van der Waals surface area contributed by atoms with E-state index in [9.17, 15) is 14.0 Å². The fourth-order valence-corrected chi connectivity index (χ4v) is 3.45. The number of rotatable bonds is 10. The average molecular weight is 404 g/mol.